The van der Waals surface area contributed by atoms with Crippen LogP contribution in [0.4, 0.5) is 17.6 Å². The summed E-state index contributed by atoms with van der Waals surface area (Å²) in [5.41, 5.74) is 1.05. The molecule has 0 saturated heterocycles. The van der Waals surface area contributed by atoms with Crippen LogP contribution in [-0.4, -0.2) is 17.1 Å². The molecule has 2 N–H and O–H groups in total. The number of carbonyl (C=O) groups excluding carboxylic acids is 1. The molecule has 4 aromatic rings. The van der Waals surface area contributed by atoms with Gasteiger partial charge in [0.15, 0.2) is 0 Å². The highest BCUT2D eigenvalue weighted by Gasteiger charge is 2.27. The number of carbonyl (C=O) groups is 1. The summed E-state index contributed by atoms with van der Waals surface area (Å²) in [5, 5.41) is 14.5. The Labute approximate surface area is 200 Å². The van der Waals surface area contributed by atoms with Gasteiger partial charge in [0.1, 0.15) is 11.6 Å². The maximum atomic E-state index is 14.2. The standard InChI is InChI=1S/C28H23F4NO2/c1-28(31,32)19-10-6-17(7-11-19)16-25(26(34)18-8-12-20(29)13-9-18)33-27(35)23-14-15-24(30)22-5-3-2-4-21(22)23/h2-15,25-26,34H,16H2,1H3,(H,33,35). The van der Waals surface area contributed by atoms with E-state index in [1.54, 1.807) is 24.3 Å². The first kappa shape index (κ1) is 24.4. The average molecular weight is 481 g/mol. The molecule has 180 valence electrons. The molecule has 4 aromatic carbocycles. The van der Waals surface area contributed by atoms with Gasteiger partial charge in [0.25, 0.3) is 11.8 Å². The molecule has 7 heteroatoms. The minimum atomic E-state index is -3.00. The largest absolute Gasteiger partial charge is 0.386 e. The van der Waals surface area contributed by atoms with Gasteiger partial charge in [-0.2, -0.15) is 0 Å². The Kier molecular flexibility index (Phi) is 6.89. The predicted octanol–water partition coefficient (Wildman–Crippen LogP) is 6.30. The molecule has 3 nitrogen and oxygen atoms in total. The third-order valence-corrected chi connectivity index (χ3v) is 5.94. The van der Waals surface area contributed by atoms with Gasteiger partial charge in [-0.3, -0.25) is 4.79 Å². The van der Waals surface area contributed by atoms with Gasteiger partial charge >= 0.3 is 0 Å². The Morgan fingerprint density at radius 2 is 1.51 bits per heavy atom. The summed E-state index contributed by atoms with van der Waals surface area (Å²) in [6.45, 7) is 0.802. The van der Waals surface area contributed by atoms with Crippen molar-refractivity contribution in [1.29, 1.82) is 0 Å². The van der Waals surface area contributed by atoms with Crippen LogP contribution in [0.5, 0.6) is 0 Å². The summed E-state index contributed by atoms with van der Waals surface area (Å²) in [6.07, 6.45) is -1.11. The molecule has 0 aliphatic heterocycles. The number of rotatable bonds is 7. The molecular weight excluding hydrogens is 458 g/mol. The van der Waals surface area contributed by atoms with Crippen molar-refractivity contribution < 1.29 is 27.5 Å². The van der Waals surface area contributed by atoms with E-state index in [2.05, 4.69) is 5.32 Å². The summed E-state index contributed by atoms with van der Waals surface area (Å²) in [4.78, 5) is 13.2. The van der Waals surface area contributed by atoms with E-state index in [0.29, 0.717) is 16.5 Å². The molecule has 0 spiro atoms. The van der Waals surface area contributed by atoms with Crippen molar-refractivity contribution in [2.75, 3.05) is 0 Å². The fraction of sp³-hybridized carbons (Fsp3) is 0.179. The van der Waals surface area contributed by atoms with Crippen molar-refractivity contribution in [1.82, 2.24) is 5.32 Å². The van der Waals surface area contributed by atoms with E-state index in [-0.39, 0.29) is 22.9 Å². The molecule has 0 fully saturated rings. The molecule has 0 aliphatic rings. The van der Waals surface area contributed by atoms with E-state index in [4.69, 9.17) is 0 Å². The van der Waals surface area contributed by atoms with Gasteiger partial charge in [0.2, 0.25) is 0 Å². The van der Waals surface area contributed by atoms with Gasteiger partial charge in [-0.25, -0.2) is 17.6 Å². The number of nitrogens with one attached hydrogen (secondary N) is 1. The van der Waals surface area contributed by atoms with Crippen LogP contribution in [0.15, 0.2) is 84.9 Å². The van der Waals surface area contributed by atoms with E-state index in [1.807, 2.05) is 0 Å². The maximum absolute atomic E-state index is 14.2. The normalized spacial score (nSPS) is 13.4. The zero-order valence-electron chi connectivity index (χ0n) is 18.8. The van der Waals surface area contributed by atoms with Crippen molar-refractivity contribution in [2.24, 2.45) is 0 Å². The SMILES string of the molecule is CC(F)(F)c1ccc(CC(NC(=O)c2ccc(F)c3ccccc23)C(O)c2ccc(F)cc2)cc1. The fourth-order valence-corrected chi connectivity index (χ4v) is 4.03. The zero-order chi connectivity index (χ0) is 25.2. The highest BCUT2D eigenvalue weighted by Crippen LogP contribution is 2.28. The molecular formula is C28H23F4NO2. The second-order valence-electron chi connectivity index (χ2n) is 8.51. The third-order valence-electron chi connectivity index (χ3n) is 5.94. The Balaban J connectivity index is 1.66. The van der Waals surface area contributed by atoms with Crippen LogP contribution in [0.3, 0.4) is 0 Å². The van der Waals surface area contributed by atoms with E-state index >= 15 is 0 Å². The summed E-state index contributed by atoms with van der Waals surface area (Å²) in [6, 6.07) is 19.1. The number of halogens is 4. The van der Waals surface area contributed by atoms with Crippen molar-refractivity contribution in [3.8, 4) is 0 Å². The molecule has 0 bridgehead atoms. The summed E-state index contributed by atoms with van der Waals surface area (Å²) in [5.74, 6) is -4.48. The number of hydrogen-bond acceptors (Lipinski definition) is 2. The van der Waals surface area contributed by atoms with Crippen LogP contribution in [0.2, 0.25) is 0 Å². The van der Waals surface area contributed by atoms with Crippen molar-refractivity contribution in [3.05, 3.63) is 119 Å². The van der Waals surface area contributed by atoms with E-state index in [9.17, 15) is 27.5 Å². The number of benzene rings is 4. The first-order chi connectivity index (χ1) is 16.6. The minimum absolute atomic E-state index is 0.110. The van der Waals surface area contributed by atoms with E-state index in [0.717, 1.165) is 6.92 Å². The molecule has 0 saturated carbocycles. The van der Waals surface area contributed by atoms with E-state index < -0.39 is 35.6 Å². The Bertz CT molecular complexity index is 1330. The number of amides is 1. The van der Waals surface area contributed by atoms with Crippen molar-refractivity contribution >= 4 is 16.7 Å². The molecule has 0 radical (unpaired) electrons. The zero-order valence-corrected chi connectivity index (χ0v) is 18.8. The molecule has 2 atom stereocenters. The first-order valence-corrected chi connectivity index (χ1v) is 11.0. The Morgan fingerprint density at radius 1 is 0.886 bits per heavy atom. The number of fused-ring (bicyclic) bond motifs is 1. The lowest BCUT2D eigenvalue weighted by atomic mass is 9.94. The van der Waals surface area contributed by atoms with Gasteiger partial charge in [-0.05, 0) is 47.2 Å². The third kappa shape index (κ3) is 5.52. The van der Waals surface area contributed by atoms with Crippen LogP contribution in [0.25, 0.3) is 10.8 Å². The fourth-order valence-electron chi connectivity index (χ4n) is 4.03. The van der Waals surface area contributed by atoms with Gasteiger partial charge in [0, 0.05) is 23.4 Å². The van der Waals surface area contributed by atoms with Gasteiger partial charge in [-0.15, -0.1) is 0 Å². The molecule has 0 aliphatic carbocycles. The van der Waals surface area contributed by atoms with Gasteiger partial charge < -0.3 is 10.4 Å². The van der Waals surface area contributed by atoms with Crippen LogP contribution in [0, 0.1) is 11.6 Å². The average Bonchev–Trinajstić information content (AvgIpc) is 2.84. The van der Waals surface area contributed by atoms with Crippen molar-refractivity contribution in [3.63, 3.8) is 0 Å². The van der Waals surface area contributed by atoms with Crippen LogP contribution in [-0.2, 0) is 12.3 Å². The molecule has 0 aromatic heterocycles. The van der Waals surface area contributed by atoms with E-state index in [1.165, 1.54) is 60.7 Å². The summed E-state index contributed by atoms with van der Waals surface area (Å²) >= 11 is 0. The van der Waals surface area contributed by atoms with Gasteiger partial charge in [0.05, 0.1) is 12.1 Å². The molecule has 35 heavy (non-hydrogen) atoms. The number of aliphatic hydroxyl groups is 1. The maximum Gasteiger partial charge on any atom is 0.270 e. The number of hydrogen-bond donors (Lipinski definition) is 2. The Hall–Kier alpha value is -3.71. The lowest BCUT2D eigenvalue weighted by Gasteiger charge is -2.25. The highest BCUT2D eigenvalue weighted by molar-refractivity contribution is 6.07. The predicted molar refractivity (Wildman–Crippen MR) is 126 cm³/mol. The van der Waals surface area contributed by atoms with Crippen molar-refractivity contribution in [2.45, 2.75) is 31.4 Å². The molecule has 2 unspecified atom stereocenters. The Morgan fingerprint density at radius 3 is 2.14 bits per heavy atom. The highest BCUT2D eigenvalue weighted by atomic mass is 19.3. The second-order valence-corrected chi connectivity index (χ2v) is 8.51. The van der Waals surface area contributed by atoms with Crippen LogP contribution >= 0.6 is 0 Å². The summed E-state index contributed by atoms with van der Waals surface area (Å²) < 4.78 is 54.8. The van der Waals surface area contributed by atoms with Gasteiger partial charge in [-0.1, -0.05) is 60.7 Å². The van der Waals surface area contributed by atoms with Crippen LogP contribution in [0.1, 0.15) is 40.1 Å². The quantitative estimate of drug-likeness (QED) is 0.304. The topological polar surface area (TPSA) is 49.3 Å². The monoisotopic (exact) mass is 481 g/mol. The lowest BCUT2D eigenvalue weighted by Crippen LogP contribution is -2.41. The molecule has 1 amide bonds. The summed E-state index contributed by atoms with van der Waals surface area (Å²) in [7, 11) is 0. The first-order valence-electron chi connectivity index (χ1n) is 11.0. The smallest absolute Gasteiger partial charge is 0.270 e. The number of alkyl halides is 2. The van der Waals surface area contributed by atoms with Crippen LogP contribution < -0.4 is 5.32 Å². The molecule has 0 heterocycles. The molecule has 4 rings (SSSR count). The number of aliphatic hydroxyl groups excluding tert-OH is 1. The second kappa shape index (κ2) is 9.88. The minimum Gasteiger partial charge on any atom is -0.386 e. The lowest BCUT2D eigenvalue weighted by molar-refractivity contribution is 0.0174.